The van der Waals surface area contributed by atoms with Crippen molar-refractivity contribution in [3.05, 3.63) is 82.7 Å². The average Bonchev–Trinajstić information content (AvgIpc) is 3.22. The summed E-state index contributed by atoms with van der Waals surface area (Å²) in [5.41, 5.74) is 1.94. The highest BCUT2D eigenvalue weighted by Gasteiger charge is 2.39. The Morgan fingerprint density at radius 2 is 1.71 bits per heavy atom. The van der Waals surface area contributed by atoms with Gasteiger partial charge in [-0.2, -0.15) is 10.4 Å². The molecular formula is C20H12N4O4. The molecule has 136 valence electrons. The average molecular weight is 372 g/mol. The molecule has 0 unspecified atom stereocenters. The molecule has 0 N–H and O–H groups in total. The van der Waals surface area contributed by atoms with E-state index in [0.29, 0.717) is 22.0 Å². The maximum Gasteiger partial charge on any atom is 0.384 e. The van der Waals surface area contributed by atoms with Gasteiger partial charge in [0, 0.05) is 5.69 Å². The van der Waals surface area contributed by atoms with Crippen LogP contribution in [0.5, 0.6) is 0 Å². The van der Waals surface area contributed by atoms with Crippen molar-refractivity contribution < 1.29 is 19.2 Å². The monoisotopic (exact) mass is 372 g/mol. The second kappa shape index (κ2) is 6.48. The summed E-state index contributed by atoms with van der Waals surface area (Å²) in [4.78, 5) is 42.1. The molecule has 28 heavy (non-hydrogen) atoms. The van der Waals surface area contributed by atoms with Crippen LogP contribution >= 0.6 is 0 Å². The van der Waals surface area contributed by atoms with Crippen molar-refractivity contribution in [3.63, 3.8) is 0 Å². The van der Waals surface area contributed by atoms with Gasteiger partial charge in [-0.1, -0.05) is 23.3 Å². The molecule has 0 fully saturated rings. The first-order valence-corrected chi connectivity index (χ1v) is 8.27. The Hall–Kier alpha value is -4.25. The van der Waals surface area contributed by atoms with Gasteiger partial charge in [-0.25, -0.2) is 9.48 Å². The third kappa shape index (κ3) is 2.71. The molecule has 4 rings (SSSR count). The van der Waals surface area contributed by atoms with Crippen LogP contribution in [-0.4, -0.2) is 32.6 Å². The summed E-state index contributed by atoms with van der Waals surface area (Å²) in [6.07, 6.45) is 0. The number of hydrogen-bond acceptors (Lipinski definition) is 6. The van der Waals surface area contributed by atoms with Crippen molar-refractivity contribution in [3.8, 4) is 11.8 Å². The molecule has 8 nitrogen and oxygen atoms in total. The van der Waals surface area contributed by atoms with Gasteiger partial charge >= 0.3 is 5.97 Å². The van der Waals surface area contributed by atoms with E-state index in [1.165, 1.54) is 22.9 Å². The molecular weight excluding hydrogens is 360 g/mol. The number of hydrogen-bond donors (Lipinski definition) is 0. The number of imide groups is 1. The summed E-state index contributed by atoms with van der Waals surface area (Å²) >= 11 is 0. The molecule has 3 aromatic rings. The summed E-state index contributed by atoms with van der Waals surface area (Å²) < 4.78 is 1.47. The van der Waals surface area contributed by atoms with Crippen LogP contribution < -0.4 is 0 Å². The number of aromatic nitrogens is 2. The van der Waals surface area contributed by atoms with Crippen LogP contribution in [-0.2, 0) is 4.84 Å². The Balaban J connectivity index is 1.60. The molecule has 0 saturated carbocycles. The number of amides is 2. The molecule has 0 bridgehead atoms. The van der Waals surface area contributed by atoms with Gasteiger partial charge in [-0.15, -0.1) is 0 Å². The summed E-state index contributed by atoms with van der Waals surface area (Å²) in [5, 5.41) is 13.7. The minimum atomic E-state index is -0.937. The first-order chi connectivity index (χ1) is 13.5. The van der Waals surface area contributed by atoms with Gasteiger partial charge in [0.2, 0.25) is 0 Å². The Bertz CT molecular complexity index is 1150. The van der Waals surface area contributed by atoms with Gasteiger partial charge in [0.15, 0.2) is 5.69 Å². The van der Waals surface area contributed by atoms with Gasteiger partial charge < -0.3 is 4.84 Å². The molecule has 0 radical (unpaired) electrons. The van der Waals surface area contributed by atoms with Crippen LogP contribution in [0.25, 0.3) is 5.69 Å². The number of hydroxylamine groups is 2. The zero-order valence-corrected chi connectivity index (χ0v) is 14.6. The predicted molar refractivity (Wildman–Crippen MR) is 95.4 cm³/mol. The summed E-state index contributed by atoms with van der Waals surface area (Å²) in [7, 11) is 0. The molecule has 1 aliphatic heterocycles. The number of nitriles is 1. The van der Waals surface area contributed by atoms with Crippen molar-refractivity contribution in [2.45, 2.75) is 6.92 Å². The highest BCUT2D eigenvalue weighted by Crippen LogP contribution is 2.23. The normalized spacial score (nSPS) is 12.6. The molecule has 2 heterocycles. The van der Waals surface area contributed by atoms with Crippen molar-refractivity contribution >= 4 is 17.8 Å². The molecule has 0 aliphatic carbocycles. The molecule has 2 amide bonds. The SMILES string of the molecule is Cc1cc(C(=O)ON2C(=O)c3ccccc3C2=O)nn1-c1cccc(C#N)c1. The standard InChI is InChI=1S/C20H12N4O4/c1-12-9-17(22-23(12)14-6-4-5-13(10-14)11-21)20(27)28-24-18(25)15-7-2-3-8-16(15)19(24)26/h2-10H,1H3. The van der Waals surface area contributed by atoms with Crippen LogP contribution in [0.2, 0.25) is 0 Å². The lowest BCUT2D eigenvalue weighted by Gasteiger charge is -2.11. The van der Waals surface area contributed by atoms with Crippen LogP contribution in [0.15, 0.2) is 54.6 Å². The number of aryl methyl sites for hydroxylation is 1. The minimum Gasteiger partial charge on any atom is -0.322 e. The van der Waals surface area contributed by atoms with E-state index in [1.54, 1.807) is 43.3 Å². The second-order valence-corrected chi connectivity index (χ2v) is 6.07. The fraction of sp³-hybridized carbons (Fsp3) is 0.0500. The number of carbonyl (C=O) groups excluding carboxylic acids is 3. The van der Waals surface area contributed by atoms with Crippen LogP contribution in [0.4, 0.5) is 0 Å². The zero-order chi connectivity index (χ0) is 19.8. The van der Waals surface area contributed by atoms with E-state index in [9.17, 15) is 14.4 Å². The molecule has 0 saturated heterocycles. The fourth-order valence-electron chi connectivity index (χ4n) is 2.92. The molecule has 2 aromatic carbocycles. The Kier molecular flexibility index (Phi) is 3.98. The Morgan fingerprint density at radius 3 is 2.36 bits per heavy atom. The highest BCUT2D eigenvalue weighted by molar-refractivity contribution is 6.21. The van der Waals surface area contributed by atoms with Gasteiger partial charge in [-0.3, -0.25) is 9.59 Å². The number of benzene rings is 2. The number of carbonyl (C=O) groups is 3. The van der Waals surface area contributed by atoms with Gasteiger partial charge in [0.05, 0.1) is 28.4 Å². The van der Waals surface area contributed by atoms with E-state index in [0.717, 1.165) is 0 Å². The third-order valence-electron chi connectivity index (χ3n) is 4.25. The second-order valence-electron chi connectivity index (χ2n) is 6.07. The van der Waals surface area contributed by atoms with E-state index < -0.39 is 17.8 Å². The maximum atomic E-state index is 12.5. The first-order valence-electron chi connectivity index (χ1n) is 8.27. The van der Waals surface area contributed by atoms with Gasteiger partial charge in [0.1, 0.15) is 0 Å². The molecule has 1 aromatic heterocycles. The molecule has 8 heteroatoms. The van der Waals surface area contributed by atoms with E-state index in [4.69, 9.17) is 10.1 Å². The van der Waals surface area contributed by atoms with Crippen molar-refractivity contribution in [1.29, 1.82) is 5.26 Å². The van der Waals surface area contributed by atoms with Gasteiger partial charge in [0.25, 0.3) is 11.8 Å². The number of nitrogens with zero attached hydrogens (tertiary/aromatic N) is 4. The lowest BCUT2D eigenvalue weighted by molar-refractivity contribution is -0.0588. The lowest BCUT2D eigenvalue weighted by atomic mass is 10.1. The summed E-state index contributed by atoms with van der Waals surface area (Å²) in [6.45, 7) is 1.73. The first kappa shape index (κ1) is 17.2. The zero-order valence-electron chi connectivity index (χ0n) is 14.6. The van der Waals surface area contributed by atoms with E-state index in [1.807, 2.05) is 6.07 Å². The van der Waals surface area contributed by atoms with Crippen LogP contribution in [0, 0.1) is 18.3 Å². The smallest absolute Gasteiger partial charge is 0.322 e. The van der Waals surface area contributed by atoms with Crippen molar-refractivity contribution in [2.75, 3.05) is 0 Å². The third-order valence-corrected chi connectivity index (χ3v) is 4.25. The number of rotatable bonds is 3. The molecule has 0 atom stereocenters. The fourth-order valence-corrected chi connectivity index (χ4v) is 2.92. The Labute approximate surface area is 159 Å². The maximum absolute atomic E-state index is 12.5. The highest BCUT2D eigenvalue weighted by atomic mass is 16.7. The lowest BCUT2D eigenvalue weighted by Crippen LogP contribution is -2.32. The Morgan fingerprint density at radius 1 is 1.04 bits per heavy atom. The predicted octanol–water partition coefficient (Wildman–Crippen LogP) is 2.42. The van der Waals surface area contributed by atoms with Crippen LogP contribution in [0.3, 0.4) is 0 Å². The largest absolute Gasteiger partial charge is 0.384 e. The van der Waals surface area contributed by atoms with Crippen molar-refractivity contribution in [2.24, 2.45) is 0 Å². The van der Waals surface area contributed by atoms with E-state index in [2.05, 4.69) is 5.10 Å². The van der Waals surface area contributed by atoms with E-state index in [-0.39, 0.29) is 16.8 Å². The van der Waals surface area contributed by atoms with E-state index >= 15 is 0 Å². The molecule has 1 aliphatic rings. The van der Waals surface area contributed by atoms with Crippen molar-refractivity contribution in [1.82, 2.24) is 14.8 Å². The number of fused-ring (bicyclic) bond motifs is 1. The van der Waals surface area contributed by atoms with Crippen LogP contribution in [0.1, 0.15) is 42.5 Å². The molecule has 0 spiro atoms. The minimum absolute atomic E-state index is 0.0728. The summed E-state index contributed by atoms with van der Waals surface area (Å²) in [5.74, 6) is -2.34. The quantitative estimate of drug-likeness (QED) is 0.654. The van der Waals surface area contributed by atoms with Gasteiger partial charge in [-0.05, 0) is 43.3 Å². The summed E-state index contributed by atoms with van der Waals surface area (Å²) in [6, 6.07) is 16.4. The topological polar surface area (TPSA) is 105 Å².